The van der Waals surface area contributed by atoms with Crippen LogP contribution < -0.4 is 4.90 Å². The molecule has 0 saturated carbocycles. The number of carbonyl (C=O) groups is 3. The average Bonchev–Trinajstić information content (AvgIpc) is 3.59. The molecule has 2 aliphatic rings. The van der Waals surface area contributed by atoms with Crippen molar-refractivity contribution in [3.63, 3.8) is 0 Å². The molecule has 2 atom stereocenters. The molecule has 4 heterocycles. The van der Waals surface area contributed by atoms with E-state index < -0.39 is 36.5 Å². The number of benzene rings is 1. The Labute approximate surface area is 183 Å². The molecule has 0 unspecified atom stereocenters. The number of rotatable bonds is 5. The minimum atomic E-state index is -0.709. The molecule has 162 valence electrons. The molecule has 2 aromatic heterocycles. The summed E-state index contributed by atoms with van der Waals surface area (Å²) in [4.78, 5) is 41.5. The fourth-order valence-electron chi connectivity index (χ4n) is 4.04. The Hall–Kier alpha value is -4.14. The molecule has 1 aromatic carbocycles. The first-order valence-electron chi connectivity index (χ1n) is 10.2. The lowest BCUT2D eigenvalue weighted by molar-refractivity contribution is -0.138. The third-order valence-corrected chi connectivity index (χ3v) is 5.62. The summed E-state index contributed by atoms with van der Waals surface area (Å²) >= 11 is 0. The van der Waals surface area contributed by atoms with Crippen molar-refractivity contribution in [3.05, 3.63) is 78.6 Å². The van der Waals surface area contributed by atoms with Gasteiger partial charge in [-0.2, -0.15) is 5.10 Å². The van der Waals surface area contributed by atoms with Crippen LogP contribution in [-0.4, -0.2) is 46.1 Å². The van der Waals surface area contributed by atoms with Crippen molar-refractivity contribution in [1.29, 1.82) is 0 Å². The summed E-state index contributed by atoms with van der Waals surface area (Å²) in [6.45, 7) is 1.23. The summed E-state index contributed by atoms with van der Waals surface area (Å²) in [5, 5.41) is 5.71. The molecule has 1 saturated heterocycles. The number of hydrogen-bond donors (Lipinski definition) is 0. The second-order valence-corrected chi connectivity index (χ2v) is 7.59. The third-order valence-electron chi connectivity index (χ3n) is 5.62. The number of carbonyl (C=O) groups excluding carboxylic acids is 3. The molecule has 9 heteroatoms. The maximum atomic E-state index is 13.2. The summed E-state index contributed by atoms with van der Waals surface area (Å²) in [5.74, 6) is 0.184. The average molecular weight is 432 g/mol. The van der Waals surface area contributed by atoms with Gasteiger partial charge in [0.15, 0.2) is 0 Å². The van der Waals surface area contributed by atoms with E-state index in [2.05, 4.69) is 5.10 Å². The van der Waals surface area contributed by atoms with E-state index in [0.29, 0.717) is 29.3 Å². The van der Waals surface area contributed by atoms with Gasteiger partial charge in [0, 0.05) is 12.1 Å². The highest BCUT2D eigenvalue weighted by molar-refractivity contribution is 6.15. The van der Waals surface area contributed by atoms with Gasteiger partial charge in [-0.15, -0.1) is 0 Å². The topological polar surface area (TPSA) is 99.6 Å². The zero-order valence-electron chi connectivity index (χ0n) is 17.2. The Morgan fingerprint density at radius 2 is 1.78 bits per heavy atom. The van der Waals surface area contributed by atoms with E-state index in [1.165, 1.54) is 22.4 Å². The quantitative estimate of drug-likeness (QED) is 0.576. The van der Waals surface area contributed by atoms with Crippen LogP contribution in [0.4, 0.5) is 10.5 Å². The van der Waals surface area contributed by atoms with E-state index in [4.69, 9.17) is 8.83 Å². The van der Waals surface area contributed by atoms with Gasteiger partial charge >= 0.3 is 6.03 Å². The van der Waals surface area contributed by atoms with Crippen molar-refractivity contribution in [2.75, 3.05) is 11.4 Å². The first kappa shape index (κ1) is 19.8. The monoisotopic (exact) mass is 432 g/mol. The number of anilines is 1. The number of hydrazone groups is 1. The highest BCUT2D eigenvalue weighted by Crippen LogP contribution is 2.34. The van der Waals surface area contributed by atoms with Crippen LogP contribution in [0.2, 0.25) is 0 Å². The van der Waals surface area contributed by atoms with E-state index in [-0.39, 0.29) is 0 Å². The zero-order chi connectivity index (χ0) is 22.2. The van der Waals surface area contributed by atoms with Gasteiger partial charge in [0.2, 0.25) is 0 Å². The van der Waals surface area contributed by atoms with Crippen LogP contribution in [0, 0.1) is 0 Å². The largest absolute Gasteiger partial charge is 0.467 e. The fraction of sp³-hybridized carbons (Fsp3) is 0.217. The van der Waals surface area contributed by atoms with Gasteiger partial charge in [0.25, 0.3) is 11.8 Å². The van der Waals surface area contributed by atoms with Crippen molar-refractivity contribution >= 4 is 29.2 Å². The van der Waals surface area contributed by atoms with Crippen molar-refractivity contribution in [2.24, 2.45) is 5.10 Å². The molecule has 0 radical (unpaired) electrons. The SMILES string of the molecule is C[C@@H]1C(=O)N(CC(=O)N2N=C(c3ccco3)C[C@@H]2c2ccco2)C(=O)N1c1ccccc1. The Morgan fingerprint density at radius 1 is 1.03 bits per heavy atom. The van der Waals surface area contributed by atoms with Gasteiger partial charge in [-0.25, -0.2) is 9.80 Å². The second-order valence-electron chi connectivity index (χ2n) is 7.59. The highest BCUT2D eigenvalue weighted by Gasteiger charge is 2.45. The number of urea groups is 1. The minimum Gasteiger partial charge on any atom is -0.467 e. The van der Waals surface area contributed by atoms with Crippen molar-refractivity contribution < 1.29 is 23.2 Å². The molecule has 32 heavy (non-hydrogen) atoms. The first-order valence-corrected chi connectivity index (χ1v) is 10.2. The number of para-hydroxylation sites is 1. The Morgan fingerprint density at radius 3 is 2.47 bits per heavy atom. The Bertz CT molecular complexity index is 1170. The molecular formula is C23H20N4O5. The molecule has 0 aliphatic carbocycles. The molecule has 0 N–H and O–H groups in total. The van der Waals surface area contributed by atoms with Crippen LogP contribution in [0.25, 0.3) is 0 Å². The van der Waals surface area contributed by atoms with E-state index in [9.17, 15) is 14.4 Å². The van der Waals surface area contributed by atoms with Crippen LogP contribution >= 0.6 is 0 Å². The first-order chi connectivity index (χ1) is 15.5. The van der Waals surface area contributed by atoms with Gasteiger partial charge < -0.3 is 8.83 Å². The van der Waals surface area contributed by atoms with E-state index in [1.807, 2.05) is 6.07 Å². The summed E-state index contributed by atoms with van der Waals surface area (Å²) < 4.78 is 10.9. The minimum absolute atomic E-state index is 0.390. The van der Waals surface area contributed by atoms with Crippen LogP contribution in [-0.2, 0) is 9.59 Å². The molecule has 3 aromatic rings. The summed E-state index contributed by atoms with van der Waals surface area (Å²) in [5.41, 5.74) is 1.18. The van der Waals surface area contributed by atoms with Crippen LogP contribution in [0.1, 0.15) is 30.9 Å². The Kier molecular flexibility index (Phi) is 4.85. The molecular weight excluding hydrogens is 412 g/mol. The lowest BCUT2D eigenvalue weighted by atomic mass is 10.1. The highest BCUT2D eigenvalue weighted by atomic mass is 16.3. The lowest BCUT2D eigenvalue weighted by Gasteiger charge is -2.22. The molecule has 4 amide bonds. The van der Waals surface area contributed by atoms with Gasteiger partial charge in [-0.1, -0.05) is 18.2 Å². The van der Waals surface area contributed by atoms with E-state index in [0.717, 1.165) is 4.90 Å². The zero-order valence-corrected chi connectivity index (χ0v) is 17.2. The smallest absolute Gasteiger partial charge is 0.332 e. The maximum absolute atomic E-state index is 13.2. The lowest BCUT2D eigenvalue weighted by Crippen LogP contribution is -2.42. The van der Waals surface area contributed by atoms with Crippen molar-refractivity contribution in [2.45, 2.75) is 25.4 Å². The standard InChI is InChI=1S/C23H20N4O5/c1-15-22(29)25(23(30)26(15)16-7-3-2-4-8-16)14-21(28)27-18(20-10-6-12-32-20)13-17(24-27)19-9-5-11-31-19/h2-12,15,18H,13-14H2,1H3/t15-,18-/m1/s1. The van der Waals surface area contributed by atoms with Crippen LogP contribution in [0.5, 0.6) is 0 Å². The summed E-state index contributed by atoms with van der Waals surface area (Å²) in [6.07, 6.45) is 3.45. The predicted octanol–water partition coefficient (Wildman–Crippen LogP) is 3.41. The molecule has 1 fully saturated rings. The van der Waals surface area contributed by atoms with Crippen molar-refractivity contribution in [1.82, 2.24) is 9.91 Å². The summed E-state index contributed by atoms with van der Waals surface area (Å²) in [6, 6.07) is 14.2. The molecule has 9 nitrogen and oxygen atoms in total. The van der Waals surface area contributed by atoms with E-state index >= 15 is 0 Å². The molecule has 0 spiro atoms. The number of amides is 4. The van der Waals surface area contributed by atoms with Crippen molar-refractivity contribution in [3.8, 4) is 0 Å². The number of hydrogen-bond acceptors (Lipinski definition) is 6. The van der Waals surface area contributed by atoms with Crippen LogP contribution in [0.3, 0.4) is 0 Å². The molecule has 0 bridgehead atoms. The van der Waals surface area contributed by atoms with Gasteiger partial charge in [-0.3, -0.25) is 19.4 Å². The number of imide groups is 1. The predicted molar refractivity (Wildman–Crippen MR) is 114 cm³/mol. The number of nitrogens with zero attached hydrogens (tertiary/aromatic N) is 4. The maximum Gasteiger partial charge on any atom is 0.332 e. The third kappa shape index (κ3) is 3.27. The second kappa shape index (κ2) is 7.84. The Balaban J connectivity index is 1.40. The van der Waals surface area contributed by atoms with Gasteiger partial charge in [0.1, 0.15) is 35.9 Å². The number of furan rings is 2. The van der Waals surface area contributed by atoms with E-state index in [1.54, 1.807) is 55.5 Å². The van der Waals surface area contributed by atoms with Gasteiger partial charge in [0.05, 0.1) is 12.5 Å². The van der Waals surface area contributed by atoms with Crippen LogP contribution in [0.15, 0.2) is 81.1 Å². The molecule has 2 aliphatic heterocycles. The van der Waals surface area contributed by atoms with Gasteiger partial charge in [-0.05, 0) is 43.3 Å². The molecule has 5 rings (SSSR count). The fourth-order valence-corrected chi connectivity index (χ4v) is 4.04. The summed E-state index contributed by atoms with van der Waals surface area (Å²) in [7, 11) is 0. The normalized spacial score (nSPS) is 20.9.